The van der Waals surface area contributed by atoms with Crippen molar-refractivity contribution in [1.82, 2.24) is 0 Å². The lowest BCUT2D eigenvalue weighted by Gasteiger charge is -2.07. The van der Waals surface area contributed by atoms with E-state index in [1.165, 1.54) is 14.2 Å². The van der Waals surface area contributed by atoms with Gasteiger partial charge in [-0.3, -0.25) is 4.79 Å². The maximum absolute atomic E-state index is 12.3. The van der Waals surface area contributed by atoms with Gasteiger partial charge in [0.1, 0.15) is 0 Å². The molecule has 1 saturated carbocycles. The summed E-state index contributed by atoms with van der Waals surface area (Å²) in [7, 11) is 2.98. The van der Waals surface area contributed by atoms with Crippen molar-refractivity contribution in [3.63, 3.8) is 0 Å². The molecule has 2 aromatic carbocycles. The van der Waals surface area contributed by atoms with E-state index in [9.17, 15) is 15.0 Å². The number of rotatable bonds is 4. The second-order valence-corrected chi connectivity index (χ2v) is 6.01. The Morgan fingerprint density at radius 1 is 0.846 bits per heavy atom. The predicted octanol–water partition coefficient (Wildman–Crippen LogP) is 3.94. The molecular formula is C21H20O5. The standard InChI is InChI=1S/C21H20O5/c1-25-20-11-13(3-6-18(20)23)9-15-5-8-17(22)16(15)10-14-4-7-19(24)21(12-14)26-2/h3-4,6-7,9-12,23-24H,5,8H2,1-2H3. The number of Topliss-reactive ketones (excluding diaryl/α,β-unsaturated/α-hetero) is 1. The van der Waals surface area contributed by atoms with Gasteiger partial charge in [-0.1, -0.05) is 18.2 Å². The number of benzene rings is 2. The molecule has 2 N–H and O–H groups in total. The Morgan fingerprint density at radius 3 is 1.92 bits per heavy atom. The van der Waals surface area contributed by atoms with Crippen molar-refractivity contribution < 1.29 is 24.5 Å². The number of ether oxygens (including phenoxy) is 2. The van der Waals surface area contributed by atoms with E-state index in [0.717, 1.165) is 16.7 Å². The van der Waals surface area contributed by atoms with Gasteiger partial charge in [-0.05, 0) is 53.5 Å². The van der Waals surface area contributed by atoms with Gasteiger partial charge in [-0.15, -0.1) is 0 Å². The van der Waals surface area contributed by atoms with Crippen LogP contribution in [-0.2, 0) is 4.79 Å². The van der Waals surface area contributed by atoms with E-state index in [2.05, 4.69) is 0 Å². The van der Waals surface area contributed by atoms with E-state index in [1.807, 2.05) is 6.08 Å². The van der Waals surface area contributed by atoms with Crippen LogP contribution in [0.15, 0.2) is 47.5 Å². The first-order chi connectivity index (χ1) is 12.5. The van der Waals surface area contributed by atoms with E-state index in [0.29, 0.717) is 29.9 Å². The maximum atomic E-state index is 12.3. The second kappa shape index (κ2) is 7.35. The molecule has 134 valence electrons. The molecular weight excluding hydrogens is 332 g/mol. The molecule has 0 unspecified atom stereocenters. The van der Waals surface area contributed by atoms with Crippen molar-refractivity contribution in [3.8, 4) is 23.0 Å². The highest BCUT2D eigenvalue weighted by atomic mass is 16.5. The van der Waals surface area contributed by atoms with Crippen LogP contribution in [0.1, 0.15) is 24.0 Å². The third-order valence-electron chi connectivity index (χ3n) is 4.33. The third kappa shape index (κ3) is 3.57. The number of ketones is 1. The largest absolute Gasteiger partial charge is 0.504 e. The quantitative estimate of drug-likeness (QED) is 0.815. The van der Waals surface area contributed by atoms with Crippen molar-refractivity contribution in [2.24, 2.45) is 0 Å². The molecule has 2 aromatic rings. The Hall–Kier alpha value is -3.21. The minimum absolute atomic E-state index is 0.0550. The topological polar surface area (TPSA) is 76.0 Å². The first-order valence-corrected chi connectivity index (χ1v) is 8.21. The van der Waals surface area contributed by atoms with E-state index in [1.54, 1.807) is 42.5 Å². The molecule has 5 heteroatoms. The van der Waals surface area contributed by atoms with Gasteiger partial charge < -0.3 is 19.7 Å². The normalized spacial score (nSPS) is 17.1. The van der Waals surface area contributed by atoms with E-state index >= 15 is 0 Å². The average Bonchev–Trinajstić information content (AvgIpc) is 2.98. The summed E-state index contributed by atoms with van der Waals surface area (Å²) in [5.41, 5.74) is 3.19. The van der Waals surface area contributed by atoms with Gasteiger partial charge in [-0.25, -0.2) is 0 Å². The summed E-state index contributed by atoms with van der Waals surface area (Å²) in [6.07, 6.45) is 4.85. The number of phenols is 2. The number of aromatic hydroxyl groups is 2. The molecule has 1 aliphatic carbocycles. The van der Waals surface area contributed by atoms with Crippen LogP contribution < -0.4 is 9.47 Å². The molecule has 0 bridgehead atoms. The van der Waals surface area contributed by atoms with Crippen LogP contribution in [0.4, 0.5) is 0 Å². The zero-order valence-corrected chi connectivity index (χ0v) is 14.7. The molecule has 26 heavy (non-hydrogen) atoms. The summed E-state index contributed by atoms with van der Waals surface area (Å²) in [5.74, 6) is 0.952. The van der Waals surface area contributed by atoms with Crippen LogP contribution in [0, 0.1) is 0 Å². The number of allylic oxidation sites excluding steroid dienone is 2. The Morgan fingerprint density at radius 2 is 1.38 bits per heavy atom. The van der Waals surface area contributed by atoms with Gasteiger partial charge in [0, 0.05) is 12.0 Å². The number of carbonyl (C=O) groups excluding carboxylic acids is 1. The van der Waals surface area contributed by atoms with Gasteiger partial charge in [0.05, 0.1) is 14.2 Å². The minimum Gasteiger partial charge on any atom is -0.504 e. The molecule has 0 radical (unpaired) electrons. The summed E-state index contributed by atoms with van der Waals surface area (Å²) in [6.45, 7) is 0. The van der Waals surface area contributed by atoms with Crippen molar-refractivity contribution in [3.05, 3.63) is 58.7 Å². The van der Waals surface area contributed by atoms with Crippen molar-refractivity contribution in [2.45, 2.75) is 12.8 Å². The smallest absolute Gasteiger partial charge is 0.163 e. The van der Waals surface area contributed by atoms with Gasteiger partial charge in [0.15, 0.2) is 28.8 Å². The number of phenolic OH excluding ortho intramolecular Hbond substituents is 2. The first kappa shape index (κ1) is 17.6. The second-order valence-electron chi connectivity index (χ2n) is 6.01. The predicted molar refractivity (Wildman–Crippen MR) is 99.5 cm³/mol. The molecule has 0 heterocycles. The molecule has 5 nitrogen and oxygen atoms in total. The molecule has 1 aliphatic rings. The summed E-state index contributed by atoms with van der Waals surface area (Å²) in [4.78, 5) is 12.3. The van der Waals surface area contributed by atoms with Crippen LogP contribution in [0.5, 0.6) is 23.0 Å². The van der Waals surface area contributed by atoms with Crippen molar-refractivity contribution in [1.29, 1.82) is 0 Å². The highest BCUT2D eigenvalue weighted by Crippen LogP contribution is 2.34. The Labute approximate surface area is 151 Å². The molecule has 1 fully saturated rings. The van der Waals surface area contributed by atoms with Crippen LogP contribution in [-0.4, -0.2) is 30.2 Å². The van der Waals surface area contributed by atoms with E-state index < -0.39 is 0 Å². The fourth-order valence-corrected chi connectivity index (χ4v) is 2.96. The van der Waals surface area contributed by atoms with Gasteiger partial charge in [0.2, 0.25) is 0 Å². The highest BCUT2D eigenvalue weighted by Gasteiger charge is 2.22. The van der Waals surface area contributed by atoms with Crippen LogP contribution >= 0.6 is 0 Å². The Bertz CT molecular complexity index is 909. The number of hydrogen-bond donors (Lipinski definition) is 2. The van der Waals surface area contributed by atoms with E-state index in [4.69, 9.17) is 9.47 Å². The Balaban J connectivity index is 1.99. The lowest BCUT2D eigenvalue weighted by Crippen LogP contribution is -1.93. The van der Waals surface area contributed by atoms with E-state index in [-0.39, 0.29) is 17.3 Å². The first-order valence-electron chi connectivity index (χ1n) is 8.21. The van der Waals surface area contributed by atoms with Crippen molar-refractivity contribution in [2.75, 3.05) is 14.2 Å². The van der Waals surface area contributed by atoms with Gasteiger partial charge in [0.25, 0.3) is 0 Å². The number of methoxy groups -OCH3 is 2. The third-order valence-corrected chi connectivity index (χ3v) is 4.33. The number of hydrogen-bond acceptors (Lipinski definition) is 5. The molecule has 0 saturated heterocycles. The van der Waals surface area contributed by atoms with Crippen molar-refractivity contribution >= 4 is 17.9 Å². The minimum atomic E-state index is 0.0550. The summed E-state index contributed by atoms with van der Waals surface area (Å²) >= 11 is 0. The maximum Gasteiger partial charge on any atom is 0.163 e. The lowest BCUT2D eigenvalue weighted by atomic mass is 10.0. The van der Waals surface area contributed by atoms with Crippen LogP contribution in [0.25, 0.3) is 12.2 Å². The lowest BCUT2D eigenvalue weighted by molar-refractivity contribution is -0.114. The zero-order chi connectivity index (χ0) is 18.7. The Kier molecular flexibility index (Phi) is 4.98. The zero-order valence-electron chi connectivity index (χ0n) is 14.7. The SMILES string of the molecule is COc1cc(C=C2CCC(=O)C2=Cc2ccc(O)c(OC)c2)ccc1O. The average molecular weight is 352 g/mol. The van der Waals surface area contributed by atoms with Crippen LogP contribution in [0.2, 0.25) is 0 Å². The summed E-state index contributed by atoms with van der Waals surface area (Å²) in [6, 6.07) is 10.0. The fourth-order valence-electron chi connectivity index (χ4n) is 2.96. The fraction of sp³-hybridized carbons (Fsp3) is 0.190. The molecule has 0 atom stereocenters. The van der Waals surface area contributed by atoms with Gasteiger partial charge >= 0.3 is 0 Å². The molecule has 0 spiro atoms. The molecule has 0 aromatic heterocycles. The monoisotopic (exact) mass is 352 g/mol. The number of carbonyl (C=O) groups is 1. The summed E-state index contributed by atoms with van der Waals surface area (Å²) in [5, 5.41) is 19.4. The molecule has 0 aliphatic heterocycles. The molecule has 0 amide bonds. The highest BCUT2D eigenvalue weighted by molar-refractivity contribution is 6.08. The van der Waals surface area contributed by atoms with Gasteiger partial charge in [-0.2, -0.15) is 0 Å². The van der Waals surface area contributed by atoms with Crippen LogP contribution in [0.3, 0.4) is 0 Å². The molecule has 3 rings (SSSR count). The summed E-state index contributed by atoms with van der Waals surface area (Å²) < 4.78 is 10.3.